The zero-order chi connectivity index (χ0) is 12.3. The SMILES string of the molecule is CCOC(=O)c1sc2nccnc2c1N=[N+]=[N-]. The van der Waals surface area contributed by atoms with Crippen molar-refractivity contribution in [2.75, 3.05) is 6.61 Å². The maximum absolute atomic E-state index is 11.7. The summed E-state index contributed by atoms with van der Waals surface area (Å²) in [6.07, 6.45) is 2.98. The van der Waals surface area contributed by atoms with Crippen LogP contribution in [0.3, 0.4) is 0 Å². The predicted octanol–water partition coefficient (Wildman–Crippen LogP) is 2.81. The average Bonchev–Trinajstić information content (AvgIpc) is 2.70. The number of rotatable bonds is 3. The van der Waals surface area contributed by atoms with E-state index in [2.05, 4.69) is 20.0 Å². The Labute approximate surface area is 99.7 Å². The van der Waals surface area contributed by atoms with Crippen molar-refractivity contribution in [3.05, 3.63) is 27.7 Å². The van der Waals surface area contributed by atoms with Crippen LogP contribution in [0.15, 0.2) is 17.5 Å². The largest absolute Gasteiger partial charge is 0.462 e. The minimum absolute atomic E-state index is 0.180. The summed E-state index contributed by atoms with van der Waals surface area (Å²) in [6, 6.07) is 0. The highest BCUT2D eigenvalue weighted by atomic mass is 32.1. The molecule has 7 nitrogen and oxygen atoms in total. The predicted molar refractivity (Wildman–Crippen MR) is 62.2 cm³/mol. The summed E-state index contributed by atoms with van der Waals surface area (Å²) >= 11 is 1.10. The molecule has 0 aliphatic carbocycles. The number of fused-ring (bicyclic) bond motifs is 1. The van der Waals surface area contributed by atoms with Crippen LogP contribution in [0.2, 0.25) is 0 Å². The summed E-state index contributed by atoms with van der Waals surface area (Å²) < 4.78 is 4.88. The van der Waals surface area contributed by atoms with Crippen molar-refractivity contribution in [3.63, 3.8) is 0 Å². The number of ether oxygens (including phenoxy) is 1. The second-order valence-corrected chi connectivity index (χ2v) is 3.90. The number of carbonyl (C=O) groups excluding carboxylic acids is 1. The third-order valence-corrected chi connectivity index (χ3v) is 2.96. The van der Waals surface area contributed by atoms with Crippen LogP contribution in [-0.4, -0.2) is 22.5 Å². The molecule has 0 unspecified atom stereocenters. The highest BCUT2D eigenvalue weighted by Gasteiger charge is 2.19. The van der Waals surface area contributed by atoms with Crippen molar-refractivity contribution in [2.45, 2.75) is 6.92 Å². The molecule has 0 spiro atoms. The van der Waals surface area contributed by atoms with Gasteiger partial charge in [0.1, 0.15) is 15.2 Å². The highest BCUT2D eigenvalue weighted by molar-refractivity contribution is 7.21. The Morgan fingerprint density at radius 1 is 1.59 bits per heavy atom. The summed E-state index contributed by atoms with van der Waals surface area (Å²) in [7, 11) is 0. The van der Waals surface area contributed by atoms with Crippen molar-refractivity contribution in [1.29, 1.82) is 0 Å². The lowest BCUT2D eigenvalue weighted by Gasteiger charge is -1.98. The molecule has 0 saturated carbocycles. The van der Waals surface area contributed by atoms with E-state index in [1.807, 2.05) is 0 Å². The molecule has 0 fully saturated rings. The Morgan fingerprint density at radius 3 is 3.06 bits per heavy atom. The number of hydrogen-bond donors (Lipinski definition) is 0. The van der Waals surface area contributed by atoms with E-state index in [4.69, 9.17) is 10.3 Å². The van der Waals surface area contributed by atoms with Crippen LogP contribution >= 0.6 is 11.3 Å². The topological polar surface area (TPSA) is 101 Å². The van der Waals surface area contributed by atoms with E-state index in [1.165, 1.54) is 12.4 Å². The molecular weight excluding hydrogens is 242 g/mol. The van der Waals surface area contributed by atoms with E-state index in [-0.39, 0.29) is 17.2 Å². The molecule has 2 aromatic heterocycles. The Balaban J connectivity index is 2.65. The molecule has 8 heteroatoms. The maximum atomic E-state index is 11.7. The summed E-state index contributed by atoms with van der Waals surface area (Å²) in [5.74, 6) is -0.528. The lowest BCUT2D eigenvalue weighted by Crippen LogP contribution is -2.02. The normalized spacial score (nSPS) is 9.94. The minimum atomic E-state index is -0.528. The molecule has 2 aromatic rings. The van der Waals surface area contributed by atoms with Gasteiger partial charge in [-0.3, -0.25) is 4.98 Å². The van der Waals surface area contributed by atoms with E-state index in [0.29, 0.717) is 10.3 Å². The average molecular weight is 249 g/mol. The van der Waals surface area contributed by atoms with Gasteiger partial charge in [-0.1, -0.05) is 5.11 Å². The molecular formula is C9H7N5O2S. The number of nitrogens with zero attached hydrogens (tertiary/aromatic N) is 5. The van der Waals surface area contributed by atoms with E-state index >= 15 is 0 Å². The summed E-state index contributed by atoms with van der Waals surface area (Å²) in [6.45, 7) is 1.96. The summed E-state index contributed by atoms with van der Waals surface area (Å²) in [4.78, 5) is 23.2. The molecule has 0 aliphatic heterocycles. The van der Waals surface area contributed by atoms with Gasteiger partial charge in [0, 0.05) is 17.3 Å². The Kier molecular flexibility index (Phi) is 3.17. The molecule has 0 atom stereocenters. The lowest BCUT2D eigenvalue weighted by atomic mass is 10.3. The summed E-state index contributed by atoms with van der Waals surface area (Å²) in [5, 5.41) is 3.49. The Bertz CT molecular complexity index is 617. The number of carbonyl (C=O) groups is 1. The van der Waals surface area contributed by atoms with Crippen molar-refractivity contribution < 1.29 is 9.53 Å². The first kappa shape index (κ1) is 11.3. The first-order chi connectivity index (χ1) is 8.27. The van der Waals surface area contributed by atoms with Gasteiger partial charge in [0.2, 0.25) is 0 Å². The van der Waals surface area contributed by atoms with E-state index in [9.17, 15) is 4.79 Å². The van der Waals surface area contributed by atoms with Gasteiger partial charge in [0.15, 0.2) is 0 Å². The van der Waals surface area contributed by atoms with Crippen LogP contribution in [-0.2, 0) is 4.74 Å². The number of thiophene rings is 1. The second-order valence-electron chi connectivity index (χ2n) is 2.90. The number of hydrogen-bond acceptors (Lipinski definition) is 6. The van der Waals surface area contributed by atoms with Crippen molar-refractivity contribution >= 4 is 33.3 Å². The monoisotopic (exact) mass is 249 g/mol. The highest BCUT2D eigenvalue weighted by Crippen LogP contribution is 2.35. The zero-order valence-corrected chi connectivity index (χ0v) is 9.64. The van der Waals surface area contributed by atoms with Gasteiger partial charge in [-0.25, -0.2) is 9.78 Å². The molecule has 2 heterocycles. The zero-order valence-electron chi connectivity index (χ0n) is 8.82. The fourth-order valence-corrected chi connectivity index (χ4v) is 2.22. The van der Waals surface area contributed by atoms with Crippen LogP contribution in [0, 0.1) is 0 Å². The molecule has 86 valence electrons. The number of azide groups is 1. The third kappa shape index (κ3) is 2.03. The summed E-state index contributed by atoms with van der Waals surface area (Å²) in [5.41, 5.74) is 9.09. The van der Waals surface area contributed by atoms with E-state index in [1.54, 1.807) is 6.92 Å². The molecule has 0 radical (unpaired) electrons. The molecule has 2 rings (SSSR count). The van der Waals surface area contributed by atoms with Crippen LogP contribution in [0.25, 0.3) is 20.8 Å². The third-order valence-electron chi connectivity index (χ3n) is 1.91. The van der Waals surface area contributed by atoms with E-state index in [0.717, 1.165) is 11.3 Å². The second kappa shape index (κ2) is 4.77. The molecule has 0 saturated heterocycles. The molecule has 0 N–H and O–H groups in total. The van der Waals surface area contributed by atoms with Gasteiger partial charge in [0.05, 0.1) is 12.3 Å². The fourth-order valence-electron chi connectivity index (χ4n) is 1.29. The maximum Gasteiger partial charge on any atom is 0.348 e. The molecule has 0 bridgehead atoms. The van der Waals surface area contributed by atoms with Gasteiger partial charge in [-0.05, 0) is 12.5 Å². The van der Waals surface area contributed by atoms with Gasteiger partial charge < -0.3 is 4.74 Å². The van der Waals surface area contributed by atoms with Crippen LogP contribution < -0.4 is 0 Å². The van der Waals surface area contributed by atoms with Crippen LogP contribution in [0.5, 0.6) is 0 Å². The Morgan fingerprint density at radius 2 is 2.35 bits per heavy atom. The number of aromatic nitrogens is 2. The quantitative estimate of drug-likeness (QED) is 0.361. The minimum Gasteiger partial charge on any atom is -0.462 e. The number of esters is 1. The molecule has 0 amide bonds. The van der Waals surface area contributed by atoms with Crippen molar-refractivity contribution in [1.82, 2.24) is 9.97 Å². The van der Waals surface area contributed by atoms with Gasteiger partial charge in [0.25, 0.3) is 0 Å². The lowest BCUT2D eigenvalue weighted by molar-refractivity contribution is 0.0533. The Hall–Kier alpha value is -2.18. The standard InChI is InChI=1S/C9H7N5O2S/c1-2-16-9(15)7-5(13-14-10)6-8(17-7)12-4-3-11-6/h3-4H,2H2,1H3. The smallest absolute Gasteiger partial charge is 0.348 e. The van der Waals surface area contributed by atoms with Crippen LogP contribution in [0.4, 0.5) is 5.69 Å². The van der Waals surface area contributed by atoms with Gasteiger partial charge in [-0.2, -0.15) is 0 Å². The van der Waals surface area contributed by atoms with Crippen molar-refractivity contribution in [2.24, 2.45) is 5.11 Å². The molecule has 0 aromatic carbocycles. The molecule has 17 heavy (non-hydrogen) atoms. The first-order valence-corrected chi connectivity index (χ1v) is 5.55. The van der Waals surface area contributed by atoms with Gasteiger partial charge in [-0.15, -0.1) is 11.3 Å². The molecule has 0 aliphatic rings. The first-order valence-electron chi connectivity index (χ1n) is 4.73. The van der Waals surface area contributed by atoms with E-state index < -0.39 is 5.97 Å². The fraction of sp³-hybridized carbons (Fsp3) is 0.222. The van der Waals surface area contributed by atoms with Crippen LogP contribution in [0.1, 0.15) is 16.6 Å². The van der Waals surface area contributed by atoms with Gasteiger partial charge >= 0.3 is 5.97 Å². The van der Waals surface area contributed by atoms with Crippen molar-refractivity contribution in [3.8, 4) is 0 Å².